The number of halogens is 3. The van der Waals surface area contributed by atoms with E-state index in [2.05, 4.69) is 61.6 Å². The van der Waals surface area contributed by atoms with Crippen LogP contribution in [0.5, 0.6) is 0 Å². The first-order chi connectivity index (χ1) is 19.8. The minimum Gasteiger partial charge on any atom is -0.451 e. The molecule has 4 atom stereocenters. The van der Waals surface area contributed by atoms with E-state index in [-0.39, 0.29) is 29.9 Å². The molecule has 0 bridgehead atoms. The Balaban J connectivity index is 1.69. The maximum Gasteiger partial charge on any atom is 0.490 e. The van der Waals surface area contributed by atoms with E-state index < -0.39 is 42.3 Å². The molecule has 3 heterocycles. The van der Waals surface area contributed by atoms with E-state index in [0.29, 0.717) is 30.8 Å². The second kappa shape index (κ2) is 12.5. The zero-order valence-electron chi connectivity index (χ0n) is 23.8. The molecule has 3 aromatic heterocycles. The molecule has 0 aromatic carbocycles. The van der Waals surface area contributed by atoms with Gasteiger partial charge in [0, 0.05) is 32.1 Å². The fourth-order valence-electron chi connectivity index (χ4n) is 4.70. The number of imidazole rings is 2. The van der Waals surface area contributed by atoms with Gasteiger partial charge in [0.1, 0.15) is 6.10 Å². The van der Waals surface area contributed by atoms with Gasteiger partial charge in [-0.2, -0.15) is 23.1 Å². The third-order valence-electron chi connectivity index (χ3n) is 6.93. The van der Waals surface area contributed by atoms with Gasteiger partial charge >= 0.3 is 12.1 Å². The van der Waals surface area contributed by atoms with Crippen molar-refractivity contribution < 1.29 is 32.6 Å². The molecule has 3 aromatic rings. The van der Waals surface area contributed by atoms with Crippen molar-refractivity contribution >= 4 is 34.8 Å². The summed E-state index contributed by atoms with van der Waals surface area (Å²) in [5.74, 6) is -2.21. The van der Waals surface area contributed by atoms with Gasteiger partial charge in [-0.15, -0.1) is 0 Å². The number of hydrogen-bond donors (Lipinski definition) is 5. The van der Waals surface area contributed by atoms with E-state index in [9.17, 15) is 27.9 Å². The van der Waals surface area contributed by atoms with Gasteiger partial charge in [-0.1, -0.05) is 27.7 Å². The number of aromatic nitrogens is 6. The topological polar surface area (TPSA) is 172 Å². The number of carbonyl (C=O) groups is 2. The molecular formula is C26H36F3N9O4. The summed E-state index contributed by atoms with van der Waals surface area (Å²) in [7, 11) is 0. The van der Waals surface area contributed by atoms with Crippen LogP contribution in [-0.2, 0) is 20.7 Å². The molecule has 4 rings (SSSR count). The number of ether oxygens (including phenoxy) is 1. The first-order valence-electron chi connectivity index (χ1n) is 13.7. The summed E-state index contributed by atoms with van der Waals surface area (Å²) < 4.78 is 45.7. The van der Waals surface area contributed by atoms with E-state index >= 15 is 0 Å². The van der Waals surface area contributed by atoms with Gasteiger partial charge in [0.25, 0.3) is 0 Å². The number of aliphatic hydroxyl groups excluding tert-OH is 1. The lowest BCUT2D eigenvalue weighted by Gasteiger charge is -2.24. The van der Waals surface area contributed by atoms with Crippen LogP contribution in [0.15, 0.2) is 18.9 Å². The van der Waals surface area contributed by atoms with Crippen LogP contribution in [0.25, 0.3) is 11.2 Å². The highest BCUT2D eigenvalue weighted by Crippen LogP contribution is 2.37. The SMILES string of the molecule is CCC(=O)N[C@H]1C[C@@H](n2cnc3c(NCCC(C)(C)C)nc(NCCc4c[nH]cn4)nc32)[C@H](OC(=O)C(F)(F)F)[C@@H]1O. The van der Waals surface area contributed by atoms with E-state index in [1.54, 1.807) is 19.4 Å². The van der Waals surface area contributed by atoms with Crippen molar-refractivity contribution in [2.24, 2.45) is 5.41 Å². The van der Waals surface area contributed by atoms with Gasteiger partial charge in [0.05, 0.1) is 30.4 Å². The molecule has 13 nitrogen and oxygen atoms in total. The summed E-state index contributed by atoms with van der Waals surface area (Å²) in [6, 6.07) is -1.99. The molecule has 230 valence electrons. The molecule has 42 heavy (non-hydrogen) atoms. The number of anilines is 2. The number of aliphatic hydroxyl groups is 1. The quantitative estimate of drug-likeness (QED) is 0.208. The zero-order valence-corrected chi connectivity index (χ0v) is 23.8. The van der Waals surface area contributed by atoms with Crippen LogP contribution in [0.2, 0.25) is 0 Å². The van der Waals surface area contributed by atoms with Crippen molar-refractivity contribution in [1.29, 1.82) is 0 Å². The number of nitrogens with one attached hydrogen (secondary N) is 4. The van der Waals surface area contributed by atoms with Crippen molar-refractivity contribution in [3.63, 3.8) is 0 Å². The molecule has 0 spiro atoms. The molecule has 5 N–H and O–H groups in total. The molecule has 1 saturated carbocycles. The Morgan fingerprint density at radius 1 is 1.17 bits per heavy atom. The summed E-state index contributed by atoms with van der Waals surface area (Å²) in [5, 5.41) is 19.9. The van der Waals surface area contributed by atoms with Crippen molar-refractivity contribution in [1.82, 2.24) is 34.8 Å². The predicted molar refractivity (Wildman–Crippen MR) is 146 cm³/mol. The van der Waals surface area contributed by atoms with E-state index in [1.165, 1.54) is 10.9 Å². The number of hydrogen-bond acceptors (Lipinski definition) is 10. The Morgan fingerprint density at radius 3 is 2.57 bits per heavy atom. The minimum absolute atomic E-state index is 0.0348. The van der Waals surface area contributed by atoms with Crippen LogP contribution in [-0.4, -0.2) is 84.0 Å². The van der Waals surface area contributed by atoms with Crippen LogP contribution in [0, 0.1) is 5.41 Å². The Bertz CT molecular complexity index is 1370. The normalized spacial score (nSPS) is 21.0. The highest BCUT2D eigenvalue weighted by atomic mass is 19.4. The standard InChI is InChI=1S/C26H36F3N9O4/c1-5-17(39)35-15-10-16(20(19(15)40)42-23(41)26(27,28)29)38-13-34-18-21(31-9-7-25(2,3)4)36-24(37-22(18)38)32-8-6-14-11-30-12-33-14/h11-13,15-16,19-20,40H,5-10H2,1-4H3,(H,30,33)(H,35,39)(H2,31,32,36,37)/t15-,16+,19+,20-/m0/s1. The monoisotopic (exact) mass is 595 g/mol. The van der Waals surface area contributed by atoms with Gasteiger partial charge in [-0.05, 0) is 18.3 Å². The van der Waals surface area contributed by atoms with E-state index in [4.69, 9.17) is 4.74 Å². The maximum absolute atomic E-state index is 13.2. The molecule has 0 saturated heterocycles. The lowest BCUT2D eigenvalue weighted by Crippen LogP contribution is -2.45. The number of nitrogens with zero attached hydrogens (tertiary/aromatic N) is 5. The molecular weight excluding hydrogens is 559 g/mol. The highest BCUT2D eigenvalue weighted by molar-refractivity contribution is 5.84. The number of alkyl halides is 3. The Morgan fingerprint density at radius 2 is 1.93 bits per heavy atom. The number of aromatic amines is 1. The van der Waals surface area contributed by atoms with Gasteiger partial charge in [-0.3, -0.25) is 4.79 Å². The van der Waals surface area contributed by atoms with Crippen molar-refractivity contribution in [3.05, 3.63) is 24.5 Å². The fourth-order valence-corrected chi connectivity index (χ4v) is 4.70. The molecule has 0 unspecified atom stereocenters. The Hall–Kier alpha value is -3.95. The van der Waals surface area contributed by atoms with Crippen LogP contribution in [0.4, 0.5) is 24.9 Å². The highest BCUT2D eigenvalue weighted by Gasteiger charge is 2.51. The molecule has 16 heteroatoms. The molecule has 1 aliphatic carbocycles. The van der Waals surface area contributed by atoms with Gasteiger partial charge < -0.3 is 35.3 Å². The number of amides is 1. The average Bonchev–Trinajstić information content (AvgIpc) is 3.64. The molecule has 0 aliphatic heterocycles. The van der Waals surface area contributed by atoms with Gasteiger partial charge in [0.15, 0.2) is 23.1 Å². The van der Waals surface area contributed by atoms with Crippen molar-refractivity contribution in [2.75, 3.05) is 23.7 Å². The molecule has 0 radical (unpaired) electrons. The summed E-state index contributed by atoms with van der Waals surface area (Å²) in [6.07, 6.45) is -2.38. The second-order valence-corrected chi connectivity index (χ2v) is 11.4. The fraction of sp³-hybridized carbons (Fsp3) is 0.615. The van der Waals surface area contributed by atoms with Crippen molar-refractivity contribution in [3.8, 4) is 0 Å². The second-order valence-electron chi connectivity index (χ2n) is 11.4. The lowest BCUT2D eigenvalue weighted by atomic mass is 9.92. The minimum atomic E-state index is -5.27. The molecule has 1 aliphatic rings. The number of esters is 1. The number of rotatable bonds is 11. The van der Waals surface area contributed by atoms with Crippen LogP contribution in [0.1, 0.15) is 58.7 Å². The first kappa shape index (κ1) is 31.0. The van der Waals surface area contributed by atoms with E-state index in [1.807, 2.05) is 0 Å². The third kappa shape index (κ3) is 7.46. The average molecular weight is 596 g/mol. The summed E-state index contributed by atoms with van der Waals surface area (Å²) >= 11 is 0. The molecule has 1 amide bonds. The zero-order chi connectivity index (χ0) is 30.7. The van der Waals surface area contributed by atoms with Gasteiger partial charge in [0.2, 0.25) is 11.9 Å². The predicted octanol–water partition coefficient (Wildman–Crippen LogP) is 2.73. The van der Waals surface area contributed by atoms with Crippen LogP contribution in [0.3, 0.4) is 0 Å². The lowest BCUT2D eigenvalue weighted by molar-refractivity contribution is -0.209. The first-order valence-corrected chi connectivity index (χ1v) is 13.7. The van der Waals surface area contributed by atoms with Crippen LogP contribution < -0.4 is 16.0 Å². The Labute approximate surface area is 240 Å². The summed E-state index contributed by atoms with van der Waals surface area (Å²) in [6.45, 7) is 8.90. The largest absolute Gasteiger partial charge is 0.490 e. The van der Waals surface area contributed by atoms with E-state index in [0.717, 1.165) is 12.1 Å². The number of fused-ring (bicyclic) bond motifs is 1. The van der Waals surface area contributed by atoms with Crippen molar-refractivity contribution in [2.45, 2.75) is 83.8 Å². The maximum atomic E-state index is 13.2. The number of carbonyl (C=O) groups excluding carboxylic acids is 2. The summed E-state index contributed by atoms with van der Waals surface area (Å²) in [4.78, 5) is 44.6. The smallest absolute Gasteiger partial charge is 0.451 e. The third-order valence-corrected chi connectivity index (χ3v) is 6.93. The number of H-pyrrole nitrogens is 1. The van der Waals surface area contributed by atoms with Gasteiger partial charge in [-0.25, -0.2) is 14.8 Å². The Kier molecular flexibility index (Phi) is 9.23. The van der Waals surface area contributed by atoms with Crippen LogP contribution >= 0.6 is 0 Å². The molecule has 1 fully saturated rings. The summed E-state index contributed by atoms with van der Waals surface area (Å²) in [5.41, 5.74) is 1.46.